The molecule has 0 spiro atoms. The van der Waals surface area contributed by atoms with Crippen LogP contribution in [0.3, 0.4) is 0 Å². The second kappa shape index (κ2) is 4.93. The third-order valence-electron chi connectivity index (χ3n) is 3.64. The molecule has 1 aliphatic carbocycles. The van der Waals surface area contributed by atoms with Gasteiger partial charge in [0.05, 0.1) is 17.0 Å². The van der Waals surface area contributed by atoms with Crippen LogP contribution in [0.2, 0.25) is 5.02 Å². The Kier molecular flexibility index (Phi) is 3.27. The summed E-state index contributed by atoms with van der Waals surface area (Å²) in [4.78, 5) is 13.1. The number of nitrogens with zero attached hydrogens (tertiary/aromatic N) is 1. The molecule has 1 heterocycles. The van der Waals surface area contributed by atoms with Crippen molar-refractivity contribution in [1.82, 2.24) is 0 Å². The lowest BCUT2D eigenvalue weighted by atomic mass is 10.1. The molecule has 1 aliphatic heterocycles. The van der Waals surface area contributed by atoms with Gasteiger partial charge in [0.25, 0.3) is 0 Å². The number of carbonyl (C=O) groups is 1. The number of benzene rings is 1. The number of ether oxygens (including phenoxy) is 1. The van der Waals surface area contributed by atoms with Crippen LogP contribution in [0.15, 0.2) is 18.2 Å². The first-order valence-corrected chi connectivity index (χ1v) is 6.95. The molecular weight excluding hydrogens is 266 g/mol. The van der Waals surface area contributed by atoms with Gasteiger partial charge in [-0.25, -0.2) is 0 Å². The average molecular weight is 282 g/mol. The Morgan fingerprint density at radius 3 is 2.79 bits per heavy atom. The van der Waals surface area contributed by atoms with E-state index in [9.17, 15) is 4.79 Å². The zero-order valence-electron chi connectivity index (χ0n) is 10.5. The number of carboxylic acid groups (broad SMARTS) is 1. The minimum absolute atomic E-state index is 0.275. The lowest BCUT2D eigenvalue weighted by molar-refractivity contribution is -0.140. The van der Waals surface area contributed by atoms with Crippen molar-refractivity contribution in [2.75, 3.05) is 18.0 Å². The minimum atomic E-state index is -0.717. The van der Waals surface area contributed by atoms with Crippen molar-refractivity contribution in [1.29, 1.82) is 0 Å². The zero-order chi connectivity index (χ0) is 13.4. The molecule has 0 aromatic heterocycles. The van der Waals surface area contributed by atoms with Gasteiger partial charge in [0, 0.05) is 24.8 Å². The molecule has 0 amide bonds. The van der Waals surface area contributed by atoms with E-state index in [1.807, 2.05) is 18.2 Å². The first kappa shape index (κ1) is 12.6. The van der Waals surface area contributed by atoms with Gasteiger partial charge in [-0.3, -0.25) is 4.79 Å². The van der Waals surface area contributed by atoms with Gasteiger partial charge in [-0.1, -0.05) is 11.6 Å². The predicted octanol–water partition coefficient (Wildman–Crippen LogP) is 2.79. The van der Waals surface area contributed by atoms with E-state index >= 15 is 0 Å². The number of carboxylic acids is 1. The SMILES string of the molecule is O=C(O)C1CCN(c2ccc(Cl)c(OC3CC3)c2)C1. The fourth-order valence-electron chi connectivity index (χ4n) is 2.34. The molecule has 1 saturated heterocycles. The highest BCUT2D eigenvalue weighted by Crippen LogP contribution is 2.36. The molecule has 1 unspecified atom stereocenters. The molecule has 1 saturated carbocycles. The van der Waals surface area contributed by atoms with E-state index in [0.717, 1.165) is 25.1 Å². The first-order chi connectivity index (χ1) is 9.13. The summed E-state index contributed by atoms with van der Waals surface area (Å²) in [7, 11) is 0. The number of rotatable bonds is 4. The third kappa shape index (κ3) is 2.78. The largest absolute Gasteiger partial charge is 0.489 e. The molecule has 2 fully saturated rings. The van der Waals surface area contributed by atoms with Crippen LogP contribution in [-0.2, 0) is 4.79 Å². The number of hydrogen-bond donors (Lipinski definition) is 1. The maximum absolute atomic E-state index is 11.0. The van der Waals surface area contributed by atoms with Crippen LogP contribution in [0.4, 0.5) is 5.69 Å². The Hall–Kier alpha value is -1.42. The molecule has 19 heavy (non-hydrogen) atoms. The van der Waals surface area contributed by atoms with E-state index in [1.54, 1.807) is 0 Å². The van der Waals surface area contributed by atoms with E-state index in [4.69, 9.17) is 21.4 Å². The van der Waals surface area contributed by atoms with Crippen LogP contribution in [0, 0.1) is 5.92 Å². The van der Waals surface area contributed by atoms with Crippen molar-refractivity contribution in [2.24, 2.45) is 5.92 Å². The summed E-state index contributed by atoms with van der Waals surface area (Å²) in [6.07, 6.45) is 3.17. The normalized spacial score (nSPS) is 22.6. The second-order valence-electron chi connectivity index (χ2n) is 5.20. The summed E-state index contributed by atoms with van der Waals surface area (Å²) in [5.41, 5.74) is 0.990. The van der Waals surface area contributed by atoms with Gasteiger partial charge in [-0.15, -0.1) is 0 Å². The molecule has 1 atom stereocenters. The van der Waals surface area contributed by atoms with Crippen molar-refractivity contribution in [3.8, 4) is 5.75 Å². The van der Waals surface area contributed by atoms with E-state index < -0.39 is 5.97 Å². The van der Waals surface area contributed by atoms with Crippen LogP contribution < -0.4 is 9.64 Å². The van der Waals surface area contributed by atoms with Gasteiger partial charge in [0.1, 0.15) is 5.75 Å². The molecule has 102 valence electrons. The van der Waals surface area contributed by atoms with Crippen molar-refractivity contribution in [3.05, 3.63) is 23.2 Å². The molecular formula is C14H16ClNO3. The summed E-state index contributed by atoms with van der Waals surface area (Å²) in [5, 5.41) is 9.65. The summed E-state index contributed by atoms with van der Waals surface area (Å²) in [6.45, 7) is 1.32. The number of halogens is 1. The number of aliphatic carboxylic acids is 1. The van der Waals surface area contributed by atoms with Crippen molar-refractivity contribution < 1.29 is 14.6 Å². The predicted molar refractivity (Wildman–Crippen MR) is 73.1 cm³/mol. The summed E-state index contributed by atoms with van der Waals surface area (Å²) in [6, 6.07) is 5.67. The van der Waals surface area contributed by atoms with E-state index in [1.165, 1.54) is 0 Å². The minimum Gasteiger partial charge on any atom is -0.489 e. The van der Waals surface area contributed by atoms with Gasteiger partial charge in [0.15, 0.2) is 0 Å². The maximum atomic E-state index is 11.0. The summed E-state index contributed by atoms with van der Waals surface area (Å²) in [5.74, 6) is -0.283. The van der Waals surface area contributed by atoms with E-state index in [2.05, 4.69) is 4.90 Å². The molecule has 3 rings (SSSR count). The lowest BCUT2D eigenvalue weighted by Gasteiger charge is -2.19. The summed E-state index contributed by atoms with van der Waals surface area (Å²) >= 11 is 6.12. The van der Waals surface area contributed by atoms with Crippen LogP contribution in [-0.4, -0.2) is 30.3 Å². The topological polar surface area (TPSA) is 49.8 Å². The molecule has 2 aliphatic rings. The van der Waals surface area contributed by atoms with Crippen LogP contribution in [0.1, 0.15) is 19.3 Å². The average Bonchev–Trinajstić information content (AvgIpc) is 3.05. The lowest BCUT2D eigenvalue weighted by Crippen LogP contribution is -2.22. The Morgan fingerprint density at radius 1 is 1.37 bits per heavy atom. The molecule has 0 bridgehead atoms. The first-order valence-electron chi connectivity index (χ1n) is 6.57. The standard InChI is InChI=1S/C14H16ClNO3/c15-12-4-1-10(7-13(12)19-11-2-3-11)16-6-5-9(8-16)14(17)18/h1,4,7,9,11H,2-3,5-6,8H2,(H,17,18). The van der Waals surface area contributed by atoms with E-state index in [0.29, 0.717) is 29.8 Å². The molecule has 5 heteroatoms. The van der Waals surface area contributed by atoms with Crippen LogP contribution in [0.25, 0.3) is 0 Å². The number of anilines is 1. The smallest absolute Gasteiger partial charge is 0.308 e. The highest BCUT2D eigenvalue weighted by atomic mass is 35.5. The van der Waals surface area contributed by atoms with Crippen molar-refractivity contribution >= 4 is 23.3 Å². The Bertz CT molecular complexity index is 501. The molecule has 4 nitrogen and oxygen atoms in total. The van der Waals surface area contributed by atoms with Crippen molar-refractivity contribution in [3.63, 3.8) is 0 Å². The van der Waals surface area contributed by atoms with Crippen LogP contribution in [0.5, 0.6) is 5.75 Å². The van der Waals surface area contributed by atoms with Gasteiger partial charge >= 0.3 is 5.97 Å². The maximum Gasteiger partial charge on any atom is 0.308 e. The highest BCUT2D eigenvalue weighted by molar-refractivity contribution is 6.32. The van der Waals surface area contributed by atoms with Gasteiger partial charge < -0.3 is 14.7 Å². The molecule has 1 N–H and O–H groups in total. The Balaban J connectivity index is 1.75. The van der Waals surface area contributed by atoms with Crippen molar-refractivity contribution in [2.45, 2.75) is 25.4 Å². The quantitative estimate of drug-likeness (QED) is 0.922. The molecule has 1 aromatic rings. The second-order valence-corrected chi connectivity index (χ2v) is 5.61. The zero-order valence-corrected chi connectivity index (χ0v) is 11.3. The van der Waals surface area contributed by atoms with Gasteiger partial charge in [-0.05, 0) is 31.4 Å². The molecule has 0 radical (unpaired) electrons. The van der Waals surface area contributed by atoms with Gasteiger partial charge in [0.2, 0.25) is 0 Å². The van der Waals surface area contributed by atoms with Crippen LogP contribution >= 0.6 is 11.6 Å². The fraction of sp³-hybridized carbons (Fsp3) is 0.500. The summed E-state index contributed by atoms with van der Waals surface area (Å²) < 4.78 is 5.76. The Labute approximate surface area is 116 Å². The number of hydrogen-bond acceptors (Lipinski definition) is 3. The molecule has 1 aromatic carbocycles. The van der Waals surface area contributed by atoms with Gasteiger partial charge in [-0.2, -0.15) is 0 Å². The Morgan fingerprint density at radius 2 is 2.16 bits per heavy atom. The van der Waals surface area contributed by atoms with E-state index in [-0.39, 0.29) is 5.92 Å². The highest BCUT2D eigenvalue weighted by Gasteiger charge is 2.29. The fourth-order valence-corrected chi connectivity index (χ4v) is 2.50. The monoisotopic (exact) mass is 281 g/mol. The third-order valence-corrected chi connectivity index (χ3v) is 3.95.